The van der Waals surface area contributed by atoms with Crippen molar-refractivity contribution < 1.29 is 0 Å². The van der Waals surface area contributed by atoms with E-state index in [0.29, 0.717) is 0 Å². The summed E-state index contributed by atoms with van der Waals surface area (Å²) in [5.74, 6) is 0. The van der Waals surface area contributed by atoms with E-state index in [1.807, 2.05) is 0 Å². The summed E-state index contributed by atoms with van der Waals surface area (Å²) in [6.07, 6.45) is 0. The Morgan fingerprint density at radius 1 is 1.17 bits per heavy atom. The molecule has 0 aromatic rings. The maximum absolute atomic E-state index is 3.87. The van der Waals surface area contributed by atoms with E-state index in [1.54, 1.807) is 0 Å². The molecule has 0 atom stereocenters. The Labute approximate surface area is 55.9 Å². The lowest BCUT2D eigenvalue weighted by molar-refractivity contribution is 4.05. The molecule has 6 heteroatoms. The van der Waals surface area contributed by atoms with Crippen molar-refractivity contribution in [2.45, 2.75) is 0 Å². The molecule has 0 nitrogen and oxygen atoms in total. The highest BCUT2D eigenvalue weighted by molar-refractivity contribution is 9.27. The molecule has 0 aromatic carbocycles. The lowest BCUT2D eigenvalue weighted by Gasteiger charge is -1.84. The smallest absolute Gasteiger partial charge is 0.0796 e. The van der Waals surface area contributed by atoms with Crippen molar-refractivity contribution in [3.63, 3.8) is 0 Å². The van der Waals surface area contributed by atoms with E-state index in [-0.39, 0.29) is 6.45 Å². The Morgan fingerprint density at radius 3 is 1.83 bits per heavy atom. The van der Waals surface area contributed by atoms with Gasteiger partial charge >= 0.3 is 0 Å². The van der Waals surface area contributed by atoms with E-state index >= 15 is 0 Å². The molecule has 1 aliphatic rings. The summed E-state index contributed by atoms with van der Waals surface area (Å²) < 4.78 is 0. The van der Waals surface area contributed by atoms with E-state index < -0.39 is 0 Å². The average Bonchev–Trinajstić information content (AvgIpc) is 1.86. The van der Waals surface area contributed by atoms with Crippen LogP contribution >= 0.6 is 15.3 Å². The normalized spacial score (nSPS) is 50.5. The minimum absolute atomic E-state index is 0.164. The lowest BCUT2D eigenvalue weighted by atomic mass is 26.5. The van der Waals surface area contributed by atoms with E-state index in [9.17, 15) is 0 Å². The summed E-state index contributed by atoms with van der Waals surface area (Å²) in [7, 11) is 3.27. The zero-order chi connectivity index (χ0) is 4.41. The first-order chi connectivity index (χ1) is 2.89. The van der Waals surface area contributed by atoms with Gasteiger partial charge in [-0.05, 0) is 17.1 Å². The molecule has 1 rings (SSSR count). The summed E-state index contributed by atoms with van der Waals surface area (Å²) in [4.78, 5) is 0. The molecule has 36 valence electrons. The first kappa shape index (κ1) is 5.70. The summed E-state index contributed by atoms with van der Waals surface area (Å²) in [6.45, 7) is 0.164. The van der Waals surface area contributed by atoms with Gasteiger partial charge in [0.1, 0.15) is 0 Å². The zero-order valence-electron chi connectivity index (χ0n) is 3.78. The van der Waals surface area contributed by atoms with Gasteiger partial charge in [-0.1, -0.05) is 0 Å². The molecule has 1 aliphatic heterocycles. The van der Waals surface area contributed by atoms with Gasteiger partial charge in [-0.2, -0.15) is 0 Å². The number of hydrogen-bond donors (Lipinski definition) is 0. The van der Waals surface area contributed by atoms with Crippen LogP contribution in [0, 0.1) is 0 Å². The number of hydrogen-bond acceptors (Lipinski definition) is 0. The third-order valence-corrected chi connectivity index (χ3v) is 117. The van der Waals surface area contributed by atoms with Gasteiger partial charge in [0.15, 0.2) is 0 Å². The van der Waals surface area contributed by atoms with Crippen molar-refractivity contribution in [2.75, 3.05) is 0 Å². The van der Waals surface area contributed by atoms with Crippen molar-refractivity contribution in [1.82, 2.24) is 0 Å². The Bertz CT molecular complexity index is 37.2. The van der Waals surface area contributed by atoms with Crippen LogP contribution in [0.3, 0.4) is 0 Å². The SMILES string of the molecule is Br[SiH]1[SiH2][SiH2][SiH2][SiH2]1. The van der Waals surface area contributed by atoms with Crippen LogP contribution in [0.1, 0.15) is 0 Å². The Morgan fingerprint density at radius 2 is 1.67 bits per heavy atom. The maximum atomic E-state index is 3.87. The molecule has 0 radical (unpaired) electrons. The molecule has 0 spiro atoms. The van der Waals surface area contributed by atoms with Gasteiger partial charge in [-0.15, -0.1) is 15.3 Å². The van der Waals surface area contributed by atoms with Crippen molar-refractivity contribution in [3.8, 4) is 0 Å². The second-order valence-corrected chi connectivity index (χ2v) is 56.9. The minimum atomic E-state index is 0.164. The summed E-state index contributed by atoms with van der Waals surface area (Å²) in [5.41, 5.74) is 0. The molecule has 0 aliphatic carbocycles. The molecular formula is H9BrSi5. The third-order valence-electron chi connectivity index (χ3n) is 1.28. The van der Waals surface area contributed by atoms with E-state index in [0.717, 1.165) is 34.2 Å². The average molecular weight is 229 g/mol. The van der Waals surface area contributed by atoms with Crippen LogP contribution in [-0.2, 0) is 0 Å². The summed E-state index contributed by atoms with van der Waals surface area (Å²) in [5, 5.41) is 0. The van der Waals surface area contributed by atoms with Crippen LogP contribution in [0.25, 0.3) is 0 Å². The van der Waals surface area contributed by atoms with Gasteiger partial charge in [-0.25, -0.2) is 0 Å². The molecule has 1 heterocycles. The Hall–Kier alpha value is 1.56. The molecule has 0 amide bonds. The van der Waals surface area contributed by atoms with E-state index in [2.05, 4.69) is 15.3 Å². The van der Waals surface area contributed by atoms with Crippen LogP contribution in [0.5, 0.6) is 0 Å². The first-order valence-corrected chi connectivity index (χ1v) is 24.3. The molecule has 1 fully saturated rings. The van der Waals surface area contributed by atoms with Crippen molar-refractivity contribution in [2.24, 2.45) is 0 Å². The highest BCUT2D eigenvalue weighted by atomic mass is 79.9. The molecule has 0 bridgehead atoms. The van der Waals surface area contributed by atoms with Crippen LogP contribution < -0.4 is 0 Å². The first-order valence-electron chi connectivity index (χ1n) is 2.53. The lowest BCUT2D eigenvalue weighted by Crippen LogP contribution is -2.14. The minimum Gasteiger partial charge on any atom is -0.140 e. The fraction of sp³-hybridized carbons (Fsp3) is 0. The van der Waals surface area contributed by atoms with Crippen LogP contribution in [0.2, 0.25) is 0 Å². The highest BCUT2D eigenvalue weighted by Gasteiger charge is 2.13. The molecule has 6 heavy (non-hydrogen) atoms. The van der Waals surface area contributed by atoms with Gasteiger partial charge in [0.2, 0.25) is 0 Å². The fourth-order valence-corrected chi connectivity index (χ4v) is 240. The molecular weight excluding hydrogens is 220 g/mol. The monoisotopic (exact) mass is 228 g/mol. The third kappa shape index (κ3) is 1.58. The predicted molar refractivity (Wildman–Crippen MR) is 50.3 cm³/mol. The van der Waals surface area contributed by atoms with Gasteiger partial charge in [0, 0.05) is 17.1 Å². The molecule has 0 saturated carbocycles. The molecule has 1 saturated heterocycles. The van der Waals surface area contributed by atoms with Gasteiger partial charge in [0.25, 0.3) is 0 Å². The second kappa shape index (κ2) is 2.77. The fourth-order valence-electron chi connectivity index (χ4n) is 0.876. The molecule has 0 aromatic heterocycles. The molecule has 0 unspecified atom stereocenters. The van der Waals surface area contributed by atoms with Crippen LogP contribution in [0.15, 0.2) is 0 Å². The summed E-state index contributed by atoms with van der Waals surface area (Å²) >= 11 is 3.87. The Balaban J connectivity index is 2.18. The van der Waals surface area contributed by atoms with Gasteiger partial charge < -0.3 is 0 Å². The molecule has 0 N–H and O–H groups in total. The van der Waals surface area contributed by atoms with Gasteiger partial charge in [-0.3, -0.25) is 0 Å². The summed E-state index contributed by atoms with van der Waals surface area (Å²) in [6, 6.07) is 0. The van der Waals surface area contributed by atoms with E-state index in [1.165, 1.54) is 0 Å². The standard InChI is InChI=1S/BrH9Si5/c1-6-4-2-3-5-6/h6H,2-5H2. The van der Waals surface area contributed by atoms with Crippen LogP contribution in [-0.4, -0.2) is 40.7 Å². The maximum Gasteiger partial charge on any atom is 0.0796 e. The quantitative estimate of drug-likeness (QED) is 0.299. The second-order valence-electron chi connectivity index (χ2n) is 1.88. The zero-order valence-corrected chi connectivity index (χ0v) is 12.2. The largest absolute Gasteiger partial charge is 0.140 e. The van der Waals surface area contributed by atoms with E-state index in [4.69, 9.17) is 0 Å². The topological polar surface area (TPSA) is 0 Å². The highest BCUT2D eigenvalue weighted by Crippen LogP contribution is 1.90. The van der Waals surface area contributed by atoms with Crippen LogP contribution in [0.4, 0.5) is 0 Å². The Kier molecular flexibility index (Phi) is 2.63. The number of rotatable bonds is 0. The van der Waals surface area contributed by atoms with Crippen molar-refractivity contribution in [1.29, 1.82) is 0 Å². The predicted octanol–water partition coefficient (Wildman–Crippen LogP) is -3.47. The van der Waals surface area contributed by atoms with Crippen molar-refractivity contribution >= 4 is 56.0 Å². The van der Waals surface area contributed by atoms with Gasteiger partial charge in [0.05, 0.1) is 6.45 Å². The van der Waals surface area contributed by atoms with Crippen molar-refractivity contribution in [3.05, 3.63) is 0 Å². The number of halogens is 1.